The minimum absolute atomic E-state index is 0.104. The zero-order valence-electron chi connectivity index (χ0n) is 20.7. The van der Waals surface area contributed by atoms with Gasteiger partial charge in [0.2, 0.25) is 0 Å². The molecule has 1 atom stereocenters. The minimum Gasteiger partial charge on any atom is -0.488 e. The molecule has 1 saturated heterocycles. The van der Waals surface area contributed by atoms with Gasteiger partial charge < -0.3 is 20.7 Å². The maximum absolute atomic E-state index is 12.8. The number of carbonyl (C=O) groups is 2. The van der Waals surface area contributed by atoms with Crippen LogP contribution in [0.3, 0.4) is 0 Å². The first-order valence-corrected chi connectivity index (χ1v) is 12.4. The van der Waals surface area contributed by atoms with Crippen LogP contribution < -0.4 is 15.8 Å². The van der Waals surface area contributed by atoms with E-state index in [1.165, 1.54) is 5.56 Å². The molecule has 7 heteroatoms. The van der Waals surface area contributed by atoms with Gasteiger partial charge in [-0.3, -0.25) is 14.5 Å². The number of hydrogen-bond donors (Lipinski definition) is 2. The number of carbonyl (C=O) groups excluding carboxylic acids is 2. The standard InChI is InChI=1S/C29H34N4O3/c1-32-17-18-33(26(20-32)23-10-3-2-4-11-23)16-8-15-31-29(35)24-12-7-9-22(19-24)21-36-27-14-6-5-13-25(27)28(30)34/h2-7,9-14,19,26H,8,15-18,20-21H2,1H3,(H2,30,34)(H,31,35). The number of nitrogens with one attached hydrogen (secondary N) is 1. The van der Waals surface area contributed by atoms with Crippen molar-refractivity contribution in [1.82, 2.24) is 15.1 Å². The normalized spacial score (nSPS) is 16.4. The number of amides is 2. The Bertz CT molecular complexity index is 1170. The molecule has 3 N–H and O–H groups in total. The van der Waals surface area contributed by atoms with Gasteiger partial charge in [-0.05, 0) is 48.9 Å². The highest BCUT2D eigenvalue weighted by molar-refractivity contribution is 5.95. The minimum atomic E-state index is -0.537. The Morgan fingerprint density at radius 3 is 2.58 bits per heavy atom. The summed E-state index contributed by atoms with van der Waals surface area (Å²) in [5.41, 5.74) is 8.51. The van der Waals surface area contributed by atoms with Gasteiger partial charge in [0.1, 0.15) is 12.4 Å². The number of nitrogens with zero attached hydrogens (tertiary/aromatic N) is 2. The van der Waals surface area contributed by atoms with Gasteiger partial charge in [-0.15, -0.1) is 0 Å². The third-order valence-electron chi connectivity index (χ3n) is 6.52. The molecule has 0 saturated carbocycles. The van der Waals surface area contributed by atoms with Crippen LogP contribution in [0.5, 0.6) is 5.75 Å². The average Bonchev–Trinajstić information content (AvgIpc) is 2.91. The summed E-state index contributed by atoms with van der Waals surface area (Å²) >= 11 is 0. The molecule has 0 aromatic heterocycles. The monoisotopic (exact) mass is 486 g/mol. The van der Waals surface area contributed by atoms with Crippen LogP contribution in [-0.2, 0) is 6.61 Å². The molecule has 3 aromatic rings. The van der Waals surface area contributed by atoms with Crippen LogP contribution in [0.4, 0.5) is 0 Å². The topological polar surface area (TPSA) is 87.9 Å². The first-order valence-electron chi connectivity index (χ1n) is 12.4. The lowest BCUT2D eigenvalue weighted by Crippen LogP contribution is -2.47. The van der Waals surface area contributed by atoms with Gasteiger partial charge in [0.05, 0.1) is 5.56 Å². The average molecular weight is 487 g/mol. The number of rotatable bonds is 10. The van der Waals surface area contributed by atoms with Gasteiger partial charge in [0, 0.05) is 44.3 Å². The van der Waals surface area contributed by atoms with E-state index in [-0.39, 0.29) is 12.5 Å². The fraction of sp³-hybridized carbons (Fsp3) is 0.310. The van der Waals surface area contributed by atoms with Crippen molar-refractivity contribution in [1.29, 1.82) is 0 Å². The van der Waals surface area contributed by atoms with Crippen LogP contribution in [0.15, 0.2) is 78.9 Å². The van der Waals surface area contributed by atoms with Crippen molar-refractivity contribution in [3.8, 4) is 5.75 Å². The van der Waals surface area contributed by atoms with Crippen molar-refractivity contribution in [3.05, 3.63) is 101 Å². The number of benzene rings is 3. The zero-order chi connectivity index (χ0) is 25.3. The molecule has 0 radical (unpaired) electrons. The van der Waals surface area contributed by atoms with E-state index in [4.69, 9.17) is 10.5 Å². The van der Waals surface area contributed by atoms with Gasteiger partial charge in [-0.2, -0.15) is 0 Å². The lowest BCUT2D eigenvalue weighted by molar-refractivity contribution is 0.0865. The molecule has 1 fully saturated rings. The van der Waals surface area contributed by atoms with Crippen LogP contribution >= 0.6 is 0 Å². The van der Waals surface area contributed by atoms with E-state index in [1.54, 1.807) is 30.3 Å². The van der Waals surface area contributed by atoms with Crippen LogP contribution in [-0.4, -0.2) is 61.4 Å². The van der Waals surface area contributed by atoms with E-state index in [0.717, 1.165) is 38.2 Å². The second kappa shape index (κ2) is 12.3. The maximum Gasteiger partial charge on any atom is 0.252 e. The fourth-order valence-electron chi connectivity index (χ4n) is 4.56. The van der Waals surface area contributed by atoms with Crippen LogP contribution in [0.25, 0.3) is 0 Å². The lowest BCUT2D eigenvalue weighted by Gasteiger charge is -2.40. The van der Waals surface area contributed by atoms with E-state index >= 15 is 0 Å². The highest BCUT2D eigenvalue weighted by Gasteiger charge is 2.26. The molecule has 0 bridgehead atoms. The highest BCUT2D eigenvalue weighted by Crippen LogP contribution is 2.24. The molecule has 0 aliphatic carbocycles. The van der Waals surface area contributed by atoms with Crippen molar-refractivity contribution in [2.75, 3.05) is 39.8 Å². The van der Waals surface area contributed by atoms with Crippen LogP contribution in [0, 0.1) is 0 Å². The lowest BCUT2D eigenvalue weighted by atomic mass is 10.0. The predicted molar refractivity (Wildman–Crippen MR) is 141 cm³/mol. The van der Waals surface area contributed by atoms with Crippen molar-refractivity contribution in [2.45, 2.75) is 19.1 Å². The van der Waals surface area contributed by atoms with E-state index in [0.29, 0.717) is 29.5 Å². The number of ether oxygens (including phenoxy) is 1. The summed E-state index contributed by atoms with van der Waals surface area (Å²) in [6.07, 6.45) is 0.880. The zero-order valence-corrected chi connectivity index (χ0v) is 20.7. The van der Waals surface area contributed by atoms with E-state index in [2.05, 4.69) is 52.5 Å². The largest absolute Gasteiger partial charge is 0.488 e. The Morgan fingerprint density at radius 2 is 1.78 bits per heavy atom. The molecule has 188 valence electrons. The van der Waals surface area contributed by atoms with Crippen LogP contribution in [0.1, 0.15) is 44.3 Å². The first-order chi connectivity index (χ1) is 17.5. The van der Waals surface area contributed by atoms with Gasteiger partial charge in [-0.1, -0.05) is 54.6 Å². The molecule has 4 rings (SSSR count). The number of primary amides is 1. The van der Waals surface area contributed by atoms with Gasteiger partial charge in [0.15, 0.2) is 0 Å². The number of hydrogen-bond acceptors (Lipinski definition) is 5. The van der Waals surface area contributed by atoms with E-state index < -0.39 is 5.91 Å². The summed E-state index contributed by atoms with van der Waals surface area (Å²) in [5, 5.41) is 3.05. The molecule has 3 aromatic carbocycles. The maximum atomic E-state index is 12.8. The Morgan fingerprint density at radius 1 is 1.00 bits per heavy atom. The summed E-state index contributed by atoms with van der Waals surface area (Å²) < 4.78 is 5.80. The summed E-state index contributed by atoms with van der Waals surface area (Å²) in [6, 6.07) is 25.2. The highest BCUT2D eigenvalue weighted by atomic mass is 16.5. The van der Waals surface area contributed by atoms with E-state index in [1.807, 2.05) is 18.2 Å². The third kappa shape index (κ3) is 6.71. The summed E-state index contributed by atoms with van der Waals surface area (Å²) in [5.74, 6) is -0.213. The number of nitrogens with two attached hydrogens (primary N) is 1. The molecule has 1 aliphatic heterocycles. The molecular weight excluding hydrogens is 452 g/mol. The molecule has 1 aliphatic rings. The molecule has 2 amide bonds. The number of para-hydroxylation sites is 1. The molecule has 7 nitrogen and oxygen atoms in total. The second-order valence-electron chi connectivity index (χ2n) is 9.18. The molecule has 0 spiro atoms. The molecule has 1 heterocycles. The summed E-state index contributed by atoms with van der Waals surface area (Å²) in [4.78, 5) is 29.2. The Hall–Kier alpha value is -3.68. The quantitative estimate of drug-likeness (QED) is 0.429. The fourth-order valence-corrected chi connectivity index (χ4v) is 4.56. The molecule has 36 heavy (non-hydrogen) atoms. The smallest absolute Gasteiger partial charge is 0.252 e. The summed E-state index contributed by atoms with van der Waals surface area (Å²) in [7, 11) is 2.17. The van der Waals surface area contributed by atoms with Gasteiger partial charge >= 0.3 is 0 Å². The molecule has 1 unspecified atom stereocenters. The number of piperazine rings is 1. The first kappa shape index (κ1) is 25.4. The van der Waals surface area contributed by atoms with Gasteiger partial charge in [-0.25, -0.2) is 0 Å². The Kier molecular flexibility index (Phi) is 8.71. The SMILES string of the molecule is CN1CCN(CCCNC(=O)c2cccc(COc3ccccc3C(N)=O)c2)C(c2ccccc2)C1. The third-order valence-corrected chi connectivity index (χ3v) is 6.52. The van der Waals surface area contributed by atoms with Crippen molar-refractivity contribution >= 4 is 11.8 Å². The van der Waals surface area contributed by atoms with Gasteiger partial charge in [0.25, 0.3) is 11.8 Å². The van der Waals surface area contributed by atoms with Crippen molar-refractivity contribution in [3.63, 3.8) is 0 Å². The summed E-state index contributed by atoms with van der Waals surface area (Å²) in [6.45, 7) is 4.85. The van der Waals surface area contributed by atoms with Crippen molar-refractivity contribution in [2.24, 2.45) is 5.73 Å². The number of likely N-dealkylation sites (N-methyl/N-ethyl adjacent to an activating group) is 1. The van der Waals surface area contributed by atoms with Crippen LogP contribution in [0.2, 0.25) is 0 Å². The predicted octanol–water partition coefficient (Wildman–Crippen LogP) is 3.47. The van der Waals surface area contributed by atoms with E-state index in [9.17, 15) is 9.59 Å². The Balaban J connectivity index is 1.27. The molecular formula is C29H34N4O3. The Labute approximate surface area is 212 Å². The van der Waals surface area contributed by atoms with Crippen molar-refractivity contribution < 1.29 is 14.3 Å². The second-order valence-corrected chi connectivity index (χ2v) is 9.18.